The van der Waals surface area contributed by atoms with Gasteiger partial charge in [-0.05, 0) is 49.1 Å². The van der Waals surface area contributed by atoms with Crippen molar-refractivity contribution in [2.75, 3.05) is 55.6 Å². The fourth-order valence-corrected chi connectivity index (χ4v) is 5.06. The summed E-state index contributed by atoms with van der Waals surface area (Å²) in [6.07, 6.45) is 5.92. The molecule has 32 heavy (non-hydrogen) atoms. The summed E-state index contributed by atoms with van der Waals surface area (Å²) in [6.45, 7) is 7.13. The minimum absolute atomic E-state index is 0.121. The van der Waals surface area contributed by atoms with Crippen LogP contribution in [0.15, 0.2) is 54.9 Å². The van der Waals surface area contributed by atoms with Crippen LogP contribution in [0, 0.1) is 16.0 Å². The van der Waals surface area contributed by atoms with Crippen molar-refractivity contribution in [1.29, 1.82) is 0 Å². The quantitative estimate of drug-likeness (QED) is 0.450. The van der Waals surface area contributed by atoms with Crippen molar-refractivity contribution in [3.8, 4) is 0 Å². The van der Waals surface area contributed by atoms with Crippen LogP contribution in [-0.2, 0) is 0 Å². The molecule has 166 valence electrons. The van der Waals surface area contributed by atoms with Crippen molar-refractivity contribution in [3.63, 3.8) is 0 Å². The molecule has 0 saturated carbocycles. The molecule has 1 aromatic carbocycles. The highest BCUT2D eigenvalue weighted by Crippen LogP contribution is 2.34. The molecule has 2 aromatic heterocycles. The van der Waals surface area contributed by atoms with Gasteiger partial charge in [0.25, 0.3) is 5.69 Å². The van der Waals surface area contributed by atoms with E-state index in [1.807, 2.05) is 24.4 Å². The van der Waals surface area contributed by atoms with E-state index >= 15 is 0 Å². The van der Waals surface area contributed by atoms with Gasteiger partial charge in [0.2, 0.25) is 0 Å². The number of hydrogen-bond acceptors (Lipinski definition) is 7. The van der Waals surface area contributed by atoms with Crippen molar-refractivity contribution in [3.05, 3.63) is 65.0 Å². The van der Waals surface area contributed by atoms with Gasteiger partial charge in [0.05, 0.1) is 16.0 Å². The highest BCUT2D eigenvalue weighted by Gasteiger charge is 2.27. The van der Waals surface area contributed by atoms with E-state index in [0.29, 0.717) is 11.3 Å². The van der Waals surface area contributed by atoms with Crippen LogP contribution in [0.5, 0.6) is 0 Å². The fraction of sp³-hybridized carbons (Fsp3) is 0.417. The molecule has 0 spiro atoms. The van der Waals surface area contributed by atoms with Crippen LogP contribution in [0.4, 0.5) is 17.2 Å². The summed E-state index contributed by atoms with van der Waals surface area (Å²) in [5.74, 6) is 1.65. The molecule has 2 aliphatic heterocycles. The Morgan fingerprint density at radius 2 is 1.78 bits per heavy atom. The minimum atomic E-state index is -0.322. The van der Waals surface area contributed by atoms with Gasteiger partial charge in [-0.1, -0.05) is 6.07 Å². The second-order valence-electron chi connectivity index (χ2n) is 8.69. The van der Waals surface area contributed by atoms with Gasteiger partial charge in [-0.15, -0.1) is 0 Å². The lowest BCUT2D eigenvalue weighted by atomic mass is 9.96. The Morgan fingerprint density at radius 3 is 2.56 bits per heavy atom. The predicted octanol–water partition coefficient (Wildman–Crippen LogP) is 3.58. The number of anilines is 2. The van der Waals surface area contributed by atoms with Crippen molar-refractivity contribution in [2.45, 2.75) is 12.8 Å². The lowest BCUT2D eigenvalue weighted by Gasteiger charge is -2.40. The monoisotopic (exact) mass is 432 g/mol. The Kier molecular flexibility index (Phi) is 5.85. The van der Waals surface area contributed by atoms with Gasteiger partial charge in [-0.2, -0.15) is 0 Å². The Hall–Kier alpha value is -3.26. The van der Waals surface area contributed by atoms with Gasteiger partial charge in [0.15, 0.2) is 0 Å². The Labute approximate surface area is 187 Å². The highest BCUT2D eigenvalue weighted by molar-refractivity contribution is 5.97. The summed E-state index contributed by atoms with van der Waals surface area (Å²) >= 11 is 0. The first-order valence-electron chi connectivity index (χ1n) is 11.3. The molecule has 2 fully saturated rings. The van der Waals surface area contributed by atoms with Crippen LogP contribution in [0.25, 0.3) is 10.9 Å². The van der Waals surface area contributed by atoms with Gasteiger partial charge in [-0.25, -0.2) is 4.98 Å². The van der Waals surface area contributed by atoms with Crippen molar-refractivity contribution < 1.29 is 4.92 Å². The van der Waals surface area contributed by atoms with E-state index in [4.69, 9.17) is 0 Å². The molecule has 0 N–H and O–H groups in total. The summed E-state index contributed by atoms with van der Waals surface area (Å²) in [6, 6.07) is 13.1. The zero-order valence-corrected chi connectivity index (χ0v) is 18.1. The maximum Gasteiger partial charge on any atom is 0.278 e. The maximum absolute atomic E-state index is 11.4. The molecule has 8 nitrogen and oxygen atoms in total. The number of aromatic nitrogens is 2. The largest absolute Gasteiger partial charge is 0.369 e. The van der Waals surface area contributed by atoms with Crippen LogP contribution in [0.1, 0.15) is 12.8 Å². The molecule has 5 rings (SSSR count). The number of piperidine rings is 1. The van der Waals surface area contributed by atoms with Gasteiger partial charge in [0, 0.05) is 64.3 Å². The second kappa shape index (κ2) is 9.08. The molecule has 1 atom stereocenters. The topological polar surface area (TPSA) is 78.6 Å². The summed E-state index contributed by atoms with van der Waals surface area (Å²) in [4.78, 5) is 27.4. The van der Waals surface area contributed by atoms with E-state index in [0.717, 1.165) is 69.3 Å². The van der Waals surface area contributed by atoms with E-state index in [-0.39, 0.29) is 10.6 Å². The average molecular weight is 433 g/mol. The van der Waals surface area contributed by atoms with Crippen molar-refractivity contribution >= 4 is 28.1 Å². The lowest BCUT2D eigenvalue weighted by Crippen LogP contribution is -2.50. The Morgan fingerprint density at radius 1 is 0.938 bits per heavy atom. The smallest absolute Gasteiger partial charge is 0.278 e. The van der Waals surface area contributed by atoms with Gasteiger partial charge in [0.1, 0.15) is 11.3 Å². The maximum atomic E-state index is 11.4. The van der Waals surface area contributed by atoms with Crippen molar-refractivity contribution in [2.24, 2.45) is 5.92 Å². The first-order chi connectivity index (χ1) is 15.7. The highest BCUT2D eigenvalue weighted by atomic mass is 16.6. The third kappa shape index (κ3) is 4.23. The molecular weight excluding hydrogens is 404 g/mol. The number of benzene rings is 1. The van der Waals surface area contributed by atoms with Gasteiger partial charge >= 0.3 is 0 Å². The van der Waals surface area contributed by atoms with E-state index < -0.39 is 0 Å². The molecule has 8 heteroatoms. The first-order valence-corrected chi connectivity index (χ1v) is 11.3. The van der Waals surface area contributed by atoms with E-state index in [1.54, 1.807) is 24.4 Å². The molecule has 0 amide bonds. The second-order valence-corrected chi connectivity index (χ2v) is 8.69. The zero-order chi connectivity index (χ0) is 21.9. The number of fused-ring (bicyclic) bond motifs is 1. The van der Waals surface area contributed by atoms with E-state index in [9.17, 15) is 10.1 Å². The first kappa shape index (κ1) is 20.6. The third-order valence-corrected chi connectivity index (χ3v) is 6.64. The Balaban J connectivity index is 1.25. The summed E-state index contributed by atoms with van der Waals surface area (Å²) < 4.78 is 0. The molecule has 1 unspecified atom stereocenters. The number of hydrogen-bond donors (Lipinski definition) is 0. The molecule has 2 aliphatic rings. The number of nitrogens with zero attached hydrogens (tertiary/aromatic N) is 6. The van der Waals surface area contributed by atoms with Crippen molar-refractivity contribution in [1.82, 2.24) is 14.9 Å². The fourth-order valence-electron chi connectivity index (χ4n) is 5.06. The zero-order valence-electron chi connectivity index (χ0n) is 18.1. The molecule has 0 radical (unpaired) electrons. The van der Waals surface area contributed by atoms with Gasteiger partial charge in [-0.3, -0.25) is 20.0 Å². The predicted molar refractivity (Wildman–Crippen MR) is 126 cm³/mol. The number of pyridine rings is 2. The number of nitro groups is 1. The average Bonchev–Trinajstić information content (AvgIpc) is 2.84. The van der Waals surface area contributed by atoms with Crippen LogP contribution < -0.4 is 9.80 Å². The molecular formula is C24H28N6O2. The Bertz CT molecular complexity index is 1080. The molecule has 4 heterocycles. The lowest BCUT2D eigenvalue weighted by molar-refractivity contribution is -0.383. The summed E-state index contributed by atoms with van der Waals surface area (Å²) in [5, 5.41) is 12.1. The van der Waals surface area contributed by atoms with Crippen LogP contribution in [0.2, 0.25) is 0 Å². The molecule has 2 saturated heterocycles. The summed E-state index contributed by atoms with van der Waals surface area (Å²) in [5.41, 5.74) is 1.86. The SMILES string of the molecule is O=[N+]([O-])c1ccc(N2CCCC(CN3CCN(c4ccccn4)CC3)C2)c2ncccc12. The van der Waals surface area contributed by atoms with Crippen LogP contribution in [0.3, 0.4) is 0 Å². The van der Waals surface area contributed by atoms with Gasteiger partial charge < -0.3 is 9.80 Å². The molecule has 0 bridgehead atoms. The standard InChI is InChI=1S/C24H28N6O2/c31-30(32)21-8-9-22(24-20(21)6-3-11-26-24)29-12-4-5-19(18-29)17-27-13-15-28(16-14-27)23-7-1-2-10-25-23/h1-3,6-11,19H,4-5,12-18H2. The van der Waals surface area contributed by atoms with Crippen LogP contribution >= 0.6 is 0 Å². The van der Waals surface area contributed by atoms with Crippen LogP contribution in [-0.4, -0.2) is 65.6 Å². The van der Waals surface area contributed by atoms with E-state index in [1.165, 1.54) is 6.42 Å². The third-order valence-electron chi connectivity index (χ3n) is 6.64. The minimum Gasteiger partial charge on any atom is -0.369 e. The molecule has 3 aromatic rings. The number of non-ortho nitro benzene ring substituents is 1. The summed E-state index contributed by atoms with van der Waals surface area (Å²) in [7, 11) is 0. The van der Waals surface area contributed by atoms with E-state index in [2.05, 4.69) is 30.7 Å². The number of rotatable bonds is 5. The number of piperazine rings is 1. The molecule has 0 aliphatic carbocycles. The number of nitro benzene ring substituents is 1. The normalized spacial score (nSPS) is 19.9.